The highest BCUT2D eigenvalue weighted by Gasteiger charge is 2.08. The molecule has 0 aliphatic carbocycles. The molecule has 1 fully saturated rings. The van der Waals surface area contributed by atoms with Crippen molar-refractivity contribution in [1.82, 2.24) is 5.32 Å². The highest BCUT2D eigenvalue weighted by molar-refractivity contribution is 5.47. The van der Waals surface area contributed by atoms with Gasteiger partial charge in [0.05, 0.1) is 0 Å². The standard InChI is InChI=1S/C11H16N2.C7H9N.2C2H6/c1-10-2-4-11(5-3-10)13-8-6-12-7-9-13;1-6-2-4-7(8)5-3-6;2*1-2/h2-5,12H,6-9H2,1H3;2-5H,8H2,1H3;2*1-2H3. The van der Waals surface area contributed by atoms with Crippen LogP contribution in [0.3, 0.4) is 0 Å². The molecule has 0 radical (unpaired) electrons. The molecule has 0 spiro atoms. The normalized spacial score (nSPS) is 12.5. The Hall–Kier alpha value is -2.00. The number of nitrogens with zero attached hydrogens (tertiary/aromatic N) is 1. The number of anilines is 2. The number of rotatable bonds is 1. The number of piperazine rings is 1. The van der Waals surface area contributed by atoms with Crippen LogP contribution in [0.25, 0.3) is 0 Å². The summed E-state index contributed by atoms with van der Waals surface area (Å²) in [7, 11) is 0. The summed E-state index contributed by atoms with van der Waals surface area (Å²) in [6.45, 7) is 16.6. The molecule has 3 nitrogen and oxygen atoms in total. The van der Waals surface area contributed by atoms with Gasteiger partial charge in [-0.15, -0.1) is 0 Å². The average Bonchev–Trinajstić information content (AvgIpc) is 2.69. The Bertz CT molecular complexity index is 505. The molecule has 2 aromatic carbocycles. The van der Waals surface area contributed by atoms with Crippen LogP contribution in [0.4, 0.5) is 11.4 Å². The van der Waals surface area contributed by atoms with E-state index in [9.17, 15) is 0 Å². The smallest absolute Gasteiger partial charge is 0.0367 e. The Labute approximate surface area is 155 Å². The summed E-state index contributed by atoms with van der Waals surface area (Å²) >= 11 is 0. The molecule has 2 aromatic rings. The van der Waals surface area contributed by atoms with Gasteiger partial charge in [0.25, 0.3) is 0 Å². The summed E-state index contributed by atoms with van der Waals surface area (Å²) in [6, 6.07) is 16.6. The van der Waals surface area contributed by atoms with E-state index in [4.69, 9.17) is 5.73 Å². The molecule has 0 unspecified atom stereocenters. The molecule has 140 valence electrons. The lowest BCUT2D eigenvalue weighted by Crippen LogP contribution is -2.43. The van der Waals surface area contributed by atoms with Crippen LogP contribution in [0.2, 0.25) is 0 Å². The number of nitrogens with two attached hydrogens (primary N) is 1. The first-order valence-electron chi connectivity index (χ1n) is 9.49. The van der Waals surface area contributed by atoms with Crippen molar-refractivity contribution in [3.05, 3.63) is 59.7 Å². The quantitative estimate of drug-likeness (QED) is 0.713. The zero-order valence-electron chi connectivity index (χ0n) is 17.0. The molecule has 0 atom stereocenters. The molecular formula is C22H37N3. The predicted molar refractivity (Wildman–Crippen MR) is 115 cm³/mol. The van der Waals surface area contributed by atoms with Gasteiger partial charge in [0.1, 0.15) is 0 Å². The van der Waals surface area contributed by atoms with E-state index >= 15 is 0 Å². The minimum atomic E-state index is 0.829. The number of hydrogen-bond donors (Lipinski definition) is 2. The third kappa shape index (κ3) is 9.78. The minimum absolute atomic E-state index is 0.829. The van der Waals surface area contributed by atoms with Crippen molar-refractivity contribution in [3.63, 3.8) is 0 Å². The summed E-state index contributed by atoms with van der Waals surface area (Å²) in [5.41, 5.74) is 10.2. The number of benzene rings is 2. The molecule has 3 rings (SSSR count). The molecule has 0 amide bonds. The fraction of sp³-hybridized carbons (Fsp3) is 0.455. The second-order valence-corrected chi connectivity index (χ2v) is 5.48. The summed E-state index contributed by atoms with van der Waals surface area (Å²) in [4.78, 5) is 2.43. The molecule has 0 bridgehead atoms. The second kappa shape index (κ2) is 14.4. The van der Waals surface area contributed by atoms with Crippen LogP contribution in [-0.2, 0) is 0 Å². The van der Waals surface area contributed by atoms with Crippen molar-refractivity contribution in [1.29, 1.82) is 0 Å². The summed E-state index contributed by atoms with van der Waals surface area (Å²) in [6.07, 6.45) is 0. The summed E-state index contributed by atoms with van der Waals surface area (Å²) < 4.78 is 0. The third-order valence-corrected chi connectivity index (χ3v) is 3.59. The molecule has 25 heavy (non-hydrogen) atoms. The molecule has 1 saturated heterocycles. The fourth-order valence-corrected chi connectivity index (χ4v) is 2.25. The van der Waals surface area contributed by atoms with E-state index in [1.165, 1.54) is 16.8 Å². The summed E-state index contributed by atoms with van der Waals surface area (Å²) in [5.74, 6) is 0. The number of hydrogen-bond acceptors (Lipinski definition) is 3. The van der Waals surface area contributed by atoms with Crippen molar-refractivity contribution in [2.24, 2.45) is 0 Å². The van der Waals surface area contributed by atoms with E-state index in [2.05, 4.69) is 41.4 Å². The number of nitrogen functional groups attached to an aromatic ring is 1. The second-order valence-electron chi connectivity index (χ2n) is 5.48. The zero-order chi connectivity index (χ0) is 19.1. The van der Waals surface area contributed by atoms with Crippen LogP contribution in [0, 0.1) is 13.8 Å². The van der Waals surface area contributed by atoms with Crippen molar-refractivity contribution < 1.29 is 0 Å². The van der Waals surface area contributed by atoms with Crippen molar-refractivity contribution >= 4 is 11.4 Å². The van der Waals surface area contributed by atoms with Crippen LogP contribution in [-0.4, -0.2) is 26.2 Å². The van der Waals surface area contributed by atoms with E-state index < -0.39 is 0 Å². The van der Waals surface area contributed by atoms with Gasteiger partial charge in [0, 0.05) is 37.6 Å². The maximum atomic E-state index is 5.43. The van der Waals surface area contributed by atoms with Crippen LogP contribution >= 0.6 is 0 Å². The lowest BCUT2D eigenvalue weighted by atomic mass is 10.2. The van der Waals surface area contributed by atoms with Gasteiger partial charge in [-0.25, -0.2) is 0 Å². The lowest BCUT2D eigenvalue weighted by molar-refractivity contribution is 0.589. The molecule has 0 saturated carbocycles. The SMILES string of the molecule is CC.CC.Cc1ccc(N)cc1.Cc1ccc(N2CCNCC2)cc1. The Morgan fingerprint density at radius 2 is 1.12 bits per heavy atom. The maximum Gasteiger partial charge on any atom is 0.0367 e. The van der Waals surface area contributed by atoms with E-state index in [1.807, 2.05) is 58.9 Å². The van der Waals surface area contributed by atoms with E-state index in [-0.39, 0.29) is 0 Å². The van der Waals surface area contributed by atoms with Gasteiger partial charge >= 0.3 is 0 Å². The highest BCUT2D eigenvalue weighted by Crippen LogP contribution is 2.14. The first kappa shape index (κ1) is 23.0. The topological polar surface area (TPSA) is 41.3 Å². The first-order valence-corrected chi connectivity index (χ1v) is 9.49. The van der Waals surface area contributed by atoms with Gasteiger partial charge in [-0.3, -0.25) is 0 Å². The van der Waals surface area contributed by atoms with Crippen molar-refractivity contribution in [2.75, 3.05) is 36.8 Å². The molecule has 0 aromatic heterocycles. The lowest BCUT2D eigenvalue weighted by Gasteiger charge is -2.29. The Morgan fingerprint density at radius 1 is 0.720 bits per heavy atom. The van der Waals surface area contributed by atoms with Gasteiger partial charge in [-0.2, -0.15) is 0 Å². The minimum Gasteiger partial charge on any atom is -0.399 e. The third-order valence-electron chi connectivity index (χ3n) is 3.59. The molecule has 3 heteroatoms. The monoisotopic (exact) mass is 343 g/mol. The average molecular weight is 344 g/mol. The first-order chi connectivity index (χ1) is 12.1. The van der Waals surface area contributed by atoms with Crippen molar-refractivity contribution in [2.45, 2.75) is 41.5 Å². The van der Waals surface area contributed by atoms with Crippen LogP contribution in [0.1, 0.15) is 38.8 Å². The molecular weight excluding hydrogens is 306 g/mol. The van der Waals surface area contributed by atoms with Gasteiger partial charge in [0.2, 0.25) is 0 Å². The van der Waals surface area contributed by atoms with Gasteiger partial charge in [-0.1, -0.05) is 63.1 Å². The van der Waals surface area contributed by atoms with E-state index in [1.54, 1.807) is 0 Å². The number of aryl methyl sites for hydroxylation is 2. The van der Waals surface area contributed by atoms with Crippen molar-refractivity contribution in [3.8, 4) is 0 Å². The largest absolute Gasteiger partial charge is 0.399 e. The Kier molecular flexibility index (Phi) is 13.2. The highest BCUT2D eigenvalue weighted by atomic mass is 15.2. The van der Waals surface area contributed by atoms with Gasteiger partial charge in [-0.05, 0) is 38.1 Å². The number of nitrogens with one attached hydrogen (secondary N) is 1. The zero-order valence-corrected chi connectivity index (χ0v) is 17.0. The van der Waals surface area contributed by atoms with Gasteiger partial charge < -0.3 is 16.0 Å². The Morgan fingerprint density at radius 3 is 1.52 bits per heavy atom. The van der Waals surface area contributed by atoms with Gasteiger partial charge in [0.15, 0.2) is 0 Å². The Balaban J connectivity index is 0.000000414. The maximum absolute atomic E-state index is 5.43. The van der Waals surface area contributed by atoms with E-state index in [0.29, 0.717) is 0 Å². The van der Waals surface area contributed by atoms with Crippen LogP contribution in [0.5, 0.6) is 0 Å². The fourth-order valence-electron chi connectivity index (χ4n) is 2.25. The molecule has 1 heterocycles. The predicted octanol–water partition coefficient (Wildman–Crippen LogP) is 5.03. The molecule has 1 aliphatic heterocycles. The molecule has 1 aliphatic rings. The van der Waals surface area contributed by atoms with E-state index in [0.717, 1.165) is 31.9 Å². The summed E-state index contributed by atoms with van der Waals surface area (Å²) in [5, 5.41) is 3.35. The molecule has 3 N–H and O–H groups in total. The van der Waals surface area contributed by atoms with Crippen LogP contribution < -0.4 is 16.0 Å². The van der Waals surface area contributed by atoms with Crippen LogP contribution in [0.15, 0.2) is 48.5 Å².